The molecule has 0 saturated carbocycles. The fraction of sp³-hybridized carbons (Fsp3) is 0.263. The van der Waals surface area contributed by atoms with E-state index in [1.165, 1.54) is 4.31 Å². The molecule has 0 radical (unpaired) electrons. The fourth-order valence-corrected chi connectivity index (χ4v) is 4.16. The highest BCUT2D eigenvalue weighted by Crippen LogP contribution is 2.19. The molecule has 0 spiro atoms. The largest absolute Gasteiger partial charge is 0.343 e. The van der Waals surface area contributed by atoms with E-state index in [-0.39, 0.29) is 18.0 Å². The maximum atomic E-state index is 14.1. The van der Waals surface area contributed by atoms with Gasteiger partial charge in [0.15, 0.2) is 0 Å². The van der Waals surface area contributed by atoms with Crippen molar-refractivity contribution in [2.75, 3.05) is 25.0 Å². The third-order valence-corrected chi connectivity index (χ3v) is 6.36. The molecule has 0 aliphatic rings. The van der Waals surface area contributed by atoms with Gasteiger partial charge in [-0.25, -0.2) is 12.8 Å². The molecule has 0 unspecified atom stereocenters. The quantitative estimate of drug-likeness (QED) is 0.658. The van der Waals surface area contributed by atoms with Crippen molar-refractivity contribution in [3.63, 3.8) is 0 Å². The Bertz CT molecular complexity index is 993. The van der Waals surface area contributed by atoms with E-state index in [0.29, 0.717) is 10.7 Å². The molecule has 0 atom stereocenters. The number of halogens is 2. The molecule has 0 saturated heterocycles. The summed E-state index contributed by atoms with van der Waals surface area (Å²) in [4.78, 5) is 24.1. The highest BCUT2D eigenvalue weighted by Gasteiger charge is 2.24. The lowest BCUT2D eigenvalue weighted by atomic mass is 10.2. The summed E-state index contributed by atoms with van der Waals surface area (Å²) in [5, 5.41) is 5.34. The molecule has 2 amide bonds. The highest BCUT2D eigenvalue weighted by molar-refractivity contribution is 7.89. The van der Waals surface area contributed by atoms with Crippen molar-refractivity contribution in [2.24, 2.45) is 0 Å². The molecule has 2 aromatic carbocycles. The van der Waals surface area contributed by atoms with Gasteiger partial charge in [-0.2, -0.15) is 4.31 Å². The molecule has 7 nitrogen and oxygen atoms in total. The minimum Gasteiger partial charge on any atom is -0.343 e. The summed E-state index contributed by atoms with van der Waals surface area (Å²) in [6, 6.07) is 9.34. The predicted molar refractivity (Wildman–Crippen MR) is 109 cm³/mol. The molecule has 0 heterocycles. The van der Waals surface area contributed by atoms with E-state index >= 15 is 0 Å². The molecule has 10 heteroatoms. The number of carbonyl (C=O) groups excluding carboxylic acids is 2. The molecule has 2 N–H and O–H groups in total. The summed E-state index contributed by atoms with van der Waals surface area (Å²) in [6.07, 6.45) is 0. The van der Waals surface area contributed by atoms with Crippen LogP contribution in [-0.4, -0.2) is 44.2 Å². The molecule has 0 bridgehead atoms. The number of anilines is 1. The van der Waals surface area contributed by atoms with Gasteiger partial charge in [0.25, 0.3) is 5.91 Å². The zero-order chi connectivity index (χ0) is 21.6. The van der Waals surface area contributed by atoms with Crippen LogP contribution in [0.15, 0.2) is 47.4 Å². The van der Waals surface area contributed by atoms with Crippen molar-refractivity contribution in [1.82, 2.24) is 9.62 Å². The Kier molecular flexibility index (Phi) is 7.72. The lowest BCUT2D eigenvalue weighted by Gasteiger charge is -2.19. The van der Waals surface area contributed by atoms with Gasteiger partial charge >= 0.3 is 0 Å². The normalized spacial score (nSPS) is 11.3. The second-order valence-corrected chi connectivity index (χ2v) is 8.34. The van der Waals surface area contributed by atoms with Crippen LogP contribution in [0.2, 0.25) is 5.02 Å². The summed E-state index contributed by atoms with van der Waals surface area (Å²) < 4.78 is 40.4. The lowest BCUT2D eigenvalue weighted by Crippen LogP contribution is -2.34. The van der Waals surface area contributed by atoms with Crippen LogP contribution in [0.4, 0.5) is 10.1 Å². The molecule has 29 heavy (non-hydrogen) atoms. The zero-order valence-corrected chi connectivity index (χ0v) is 17.5. The third kappa shape index (κ3) is 5.75. The maximum Gasteiger partial charge on any atom is 0.254 e. The summed E-state index contributed by atoms with van der Waals surface area (Å²) in [5.74, 6) is -2.32. The van der Waals surface area contributed by atoms with Crippen molar-refractivity contribution in [1.29, 1.82) is 0 Å². The van der Waals surface area contributed by atoms with Gasteiger partial charge in [-0.15, -0.1) is 0 Å². The number of nitrogens with zero attached hydrogens (tertiary/aromatic N) is 1. The highest BCUT2D eigenvalue weighted by atomic mass is 35.5. The van der Waals surface area contributed by atoms with Crippen molar-refractivity contribution < 1.29 is 22.4 Å². The first-order valence-corrected chi connectivity index (χ1v) is 10.6. The van der Waals surface area contributed by atoms with Crippen molar-refractivity contribution in [3.8, 4) is 0 Å². The Morgan fingerprint density at radius 3 is 2.28 bits per heavy atom. The monoisotopic (exact) mass is 441 g/mol. The van der Waals surface area contributed by atoms with Gasteiger partial charge in [-0.3, -0.25) is 9.59 Å². The summed E-state index contributed by atoms with van der Waals surface area (Å²) in [5.41, 5.74) is 0.0182. The number of nitrogens with one attached hydrogen (secondary N) is 2. The van der Waals surface area contributed by atoms with Gasteiger partial charge in [0, 0.05) is 23.8 Å². The Morgan fingerprint density at radius 1 is 1.07 bits per heavy atom. The van der Waals surface area contributed by atoms with Crippen LogP contribution >= 0.6 is 11.6 Å². The van der Waals surface area contributed by atoms with Gasteiger partial charge in [0.1, 0.15) is 5.82 Å². The Labute approximate surface area is 173 Å². The van der Waals surface area contributed by atoms with Crippen LogP contribution < -0.4 is 10.6 Å². The van der Waals surface area contributed by atoms with Crippen LogP contribution in [-0.2, 0) is 14.8 Å². The number of hydrogen-bond acceptors (Lipinski definition) is 4. The molecule has 0 aromatic heterocycles. The number of rotatable bonds is 8. The standard InChI is InChI=1S/C19H21ClFN3O4S/c1-3-24(4-2)29(27,28)15-9-10-17(21)16(11-15)19(26)22-12-18(25)23-14-7-5-13(20)6-8-14/h5-11H,3-4,12H2,1-2H3,(H,22,26)(H,23,25). The third-order valence-electron chi connectivity index (χ3n) is 4.06. The summed E-state index contributed by atoms with van der Waals surface area (Å²) in [6.45, 7) is 3.41. The molecule has 2 aromatic rings. The van der Waals surface area contributed by atoms with Crippen molar-refractivity contribution in [3.05, 3.63) is 58.9 Å². The van der Waals surface area contributed by atoms with Gasteiger partial charge < -0.3 is 10.6 Å². The number of amides is 2. The Hall–Kier alpha value is -2.49. The van der Waals surface area contributed by atoms with Crippen LogP contribution in [0.5, 0.6) is 0 Å². The van der Waals surface area contributed by atoms with Crippen LogP contribution in [0, 0.1) is 5.82 Å². The van der Waals surface area contributed by atoms with Gasteiger partial charge in [0.05, 0.1) is 17.0 Å². The first-order valence-electron chi connectivity index (χ1n) is 8.82. The average Bonchev–Trinajstić information content (AvgIpc) is 2.69. The minimum absolute atomic E-state index is 0.196. The van der Waals surface area contributed by atoms with E-state index in [2.05, 4.69) is 10.6 Å². The predicted octanol–water partition coefficient (Wildman–Crippen LogP) is 2.88. The van der Waals surface area contributed by atoms with Crippen molar-refractivity contribution in [2.45, 2.75) is 18.7 Å². The molecular weight excluding hydrogens is 421 g/mol. The zero-order valence-electron chi connectivity index (χ0n) is 15.9. The maximum absolute atomic E-state index is 14.1. The molecule has 0 aliphatic carbocycles. The van der Waals surface area contributed by atoms with Crippen molar-refractivity contribution >= 4 is 39.1 Å². The first kappa shape index (κ1) is 22.8. The van der Waals surface area contributed by atoms with Gasteiger partial charge in [0.2, 0.25) is 15.9 Å². The lowest BCUT2D eigenvalue weighted by molar-refractivity contribution is -0.115. The van der Waals surface area contributed by atoms with E-state index in [9.17, 15) is 22.4 Å². The number of sulfonamides is 1. The SMILES string of the molecule is CCN(CC)S(=O)(=O)c1ccc(F)c(C(=O)NCC(=O)Nc2ccc(Cl)cc2)c1. The Balaban J connectivity index is 2.10. The molecule has 0 fully saturated rings. The van der Waals surface area contributed by atoms with E-state index < -0.39 is 39.8 Å². The Morgan fingerprint density at radius 2 is 1.69 bits per heavy atom. The summed E-state index contributed by atoms with van der Waals surface area (Å²) >= 11 is 5.77. The van der Waals surface area contributed by atoms with Gasteiger partial charge in [-0.1, -0.05) is 25.4 Å². The topological polar surface area (TPSA) is 95.6 Å². The van der Waals surface area contributed by atoms with Crippen LogP contribution in [0.1, 0.15) is 24.2 Å². The second-order valence-electron chi connectivity index (χ2n) is 5.97. The number of benzene rings is 2. The molecule has 0 aliphatic heterocycles. The smallest absolute Gasteiger partial charge is 0.254 e. The van der Waals surface area contributed by atoms with E-state index in [1.54, 1.807) is 38.1 Å². The van der Waals surface area contributed by atoms with Crippen LogP contribution in [0.25, 0.3) is 0 Å². The van der Waals surface area contributed by atoms with E-state index in [1.807, 2.05) is 0 Å². The van der Waals surface area contributed by atoms with Crippen LogP contribution in [0.3, 0.4) is 0 Å². The molecule has 2 rings (SSSR count). The van der Waals surface area contributed by atoms with Gasteiger partial charge in [-0.05, 0) is 42.5 Å². The summed E-state index contributed by atoms with van der Waals surface area (Å²) in [7, 11) is -3.85. The minimum atomic E-state index is -3.85. The molecule has 156 valence electrons. The second kappa shape index (κ2) is 9.82. The first-order chi connectivity index (χ1) is 13.7. The fourth-order valence-electron chi connectivity index (χ4n) is 2.55. The average molecular weight is 442 g/mol. The number of carbonyl (C=O) groups is 2. The van der Waals surface area contributed by atoms with E-state index in [0.717, 1.165) is 18.2 Å². The molecular formula is C19H21ClFN3O4S. The van der Waals surface area contributed by atoms with E-state index in [4.69, 9.17) is 11.6 Å². The number of hydrogen-bond donors (Lipinski definition) is 2.